The Morgan fingerprint density at radius 2 is 2.22 bits per heavy atom. The lowest BCUT2D eigenvalue weighted by molar-refractivity contribution is 0.186. The van der Waals surface area contributed by atoms with Gasteiger partial charge in [-0.3, -0.25) is 9.88 Å². The van der Waals surface area contributed by atoms with Crippen LogP contribution in [-0.4, -0.2) is 37.1 Å². The lowest BCUT2D eigenvalue weighted by atomic mass is 9.92. The monoisotopic (exact) mass is 247 g/mol. The van der Waals surface area contributed by atoms with Gasteiger partial charge in [0.2, 0.25) is 0 Å². The van der Waals surface area contributed by atoms with Crippen molar-refractivity contribution < 1.29 is 0 Å². The van der Waals surface area contributed by atoms with Crippen LogP contribution >= 0.6 is 0 Å². The Kier molecular flexibility index (Phi) is 4.72. The predicted octanol–water partition coefficient (Wildman–Crippen LogP) is 2.38. The van der Waals surface area contributed by atoms with Crippen LogP contribution < -0.4 is 5.32 Å². The van der Waals surface area contributed by atoms with E-state index in [0.29, 0.717) is 12.0 Å². The van der Waals surface area contributed by atoms with E-state index in [1.807, 2.05) is 13.2 Å². The summed E-state index contributed by atoms with van der Waals surface area (Å²) in [5.74, 6) is 0.665. The van der Waals surface area contributed by atoms with Crippen LogP contribution in [0.3, 0.4) is 0 Å². The van der Waals surface area contributed by atoms with Crippen LogP contribution in [0.25, 0.3) is 0 Å². The summed E-state index contributed by atoms with van der Waals surface area (Å²) < 4.78 is 0. The largest absolute Gasteiger partial charge is 0.319 e. The van der Waals surface area contributed by atoms with Crippen molar-refractivity contribution in [3.05, 3.63) is 29.6 Å². The first-order valence-corrected chi connectivity index (χ1v) is 6.99. The molecule has 0 spiro atoms. The molecule has 0 amide bonds. The number of pyridine rings is 1. The molecule has 1 N–H and O–H groups in total. The normalized spacial score (nSPS) is 25.9. The molecular weight excluding hydrogens is 222 g/mol. The predicted molar refractivity (Wildman–Crippen MR) is 75.6 cm³/mol. The van der Waals surface area contributed by atoms with Gasteiger partial charge in [0.05, 0.1) is 11.7 Å². The number of aromatic nitrogens is 1. The SMILES string of the molecule is CNCC1CCCCN(C)C1c1ccc(C)cn1. The van der Waals surface area contributed by atoms with Crippen molar-refractivity contribution in [2.75, 3.05) is 27.2 Å². The van der Waals surface area contributed by atoms with Crippen molar-refractivity contribution in [2.45, 2.75) is 32.2 Å². The van der Waals surface area contributed by atoms with Gasteiger partial charge < -0.3 is 5.32 Å². The van der Waals surface area contributed by atoms with Gasteiger partial charge in [0.15, 0.2) is 0 Å². The quantitative estimate of drug-likeness (QED) is 0.889. The zero-order valence-corrected chi connectivity index (χ0v) is 11.8. The summed E-state index contributed by atoms with van der Waals surface area (Å²) in [6.45, 7) is 4.35. The fourth-order valence-corrected chi connectivity index (χ4v) is 3.02. The molecule has 3 heteroatoms. The molecule has 2 heterocycles. The van der Waals surface area contributed by atoms with Crippen LogP contribution in [0, 0.1) is 12.8 Å². The molecule has 1 saturated heterocycles. The van der Waals surface area contributed by atoms with Crippen molar-refractivity contribution in [1.29, 1.82) is 0 Å². The van der Waals surface area contributed by atoms with Crippen molar-refractivity contribution in [1.82, 2.24) is 15.2 Å². The summed E-state index contributed by atoms with van der Waals surface area (Å²) in [6.07, 6.45) is 5.92. The smallest absolute Gasteiger partial charge is 0.0578 e. The number of aryl methyl sites for hydroxylation is 1. The van der Waals surface area contributed by atoms with Crippen LogP contribution in [0.5, 0.6) is 0 Å². The highest BCUT2D eigenvalue weighted by Gasteiger charge is 2.29. The minimum absolute atomic E-state index is 0.459. The Bertz CT molecular complexity index is 361. The first kappa shape index (κ1) is 13.5. The molecule has 2 unspecified atom stereocenters. The molecule has 3 nitrogen and oxygen atoms in total. The second-order valence-corrected chi connectivity index (χ2v) is 5.50. The van der Waals surface area contributed by atoms with Gasteiger partial charge in [0.1, 0.15) is 0 Å². The number of likely N-dealkylation sites (tertiary alicyclic amines) is 1. The van der Waals surface area contributed by atoms with Gasteiger partial charge in [-0.2, -0.15) is 0 Å². The first-order valence-electron chi connectivity index (χ1n) is 6.99. The molecule has 18 heavy (non-hydrogen) atoms. The molecule has 0 aliphatic carbocycles. The summed E-state index contributed by atoms with van der Waals surface area (Å²) in [6, 6.07) is 4.84. The van der Waals surface area contributed by atoms with Gasteiger partial charge >= 0.3 is 0 Å². The number of rotatable bonds is 3. The van der Waals surface area contributed by atoms with E-state index >= 15 is 0 Å². The molecule has 0 radical (unpaired) electrons. The highest BCUT2D eigenvalue weighted by Crippen LogP contribution is 2.32. The van der Waals surface area contributed by atoms with Gasteiger partial charge in [-0.25, -0.2) is 0 Å². The molecule has 2 rings (SSSR count). The lowest BCUT2D eigenvalue weighted by Gasteiger charge is -2.32. The van der Waals surface area contributed by atoms with E-state index in [2.05, 4.69) is 41.3 Å². The third-order valence-corrected chi connectivity index (χ3v) is 3.96. The third kappa shape index (κ3) is 3.09. The summed E-state index contributed by atoms with van der Waals surface area (Å²) in [5, 5.41) is 3.34. The Morgan fingerprint density at radius 1 is 1.39 bits per heavy atom. The zero-order valence-electron chi connectivity index (χ0n) is 11.8. The van der Waals surface area contributed by atoms with E-state index in [9.17, 15) is 0 Å². The fourth-order valence-electron chi connectivity index (χ4n) is 3.02. The topological polar surface area (TPSA) is 28.2 Å². The molecule has 0 aromatic carbocycles. The van der Waals surface area contributed by atoms with E-state index in [1.165, 1.54) is 37.1 Å². The Morgan fingerprint density at radius 3 is 2.89 bits per heavy atom. The third-order valence-electron chi connectivity index (χ3n) is 3.96. The van der Waals surface area contributed by atoms with Crippen LogP contribution in [0.2, 0.25) is 0 Å². The van der Waals surface area contributed by atoms with Crippen LogP contribution in [0.1, 0.15) is 36.6 Å². The van der Waals surface area contributed by atoms with Crippen LogP contribution in [0.15, 0.2) is 18.3 Å². The molecule has 1 fully saturated rings. The van der Waals surface area contributed by atoms with E-state index in [0.717, 1.165) is 6.54 Å². The fraction of sp³-hybridized carbons (Fsp3) is 0.667. The Balaban J connectivity index is 2.24. The summed E-state index contributed by atoms with van der Waals surface area (Å²) in [4.78, 5) is 7.14. The van der Waals surface area contributed by atoms with E-state index in [4.69, 9.17) is 0 Å². The molecule has 0 bridgehead atoms. The van der Waals surface area contributed by atoms with Gasteiger partial charge in [-0.15, -0.1) is 0 Å². The van der Waals surface area contributed by atoms with Gasteiger partial charge in [-0.1, -0.05) is 12.5 Å². The summed E-state index contributed by atoms with van der Waals surface area (Å²) in [5.41, 5.74) is 2.46. The number of nitrogens with zero attached hydrogens (tertiary/aromatic N) is 2. The Labute approximate surface area is 111 Å². The van der Waals surface area contributed by atoms with E-state index in [1.54, 1.807) is 0 Å². The van der Waals surface area contributed by atoms with E-state index in [-0.39, 0.29) is 0 Å². The second kappa shape index (κ2) is 6.30. The summed E-state index contributed by atoms with van der Waals surface area (Å²) >= 11 is 0. The van der Waals surface area contributed by atoms with Gasteiger partial charge in [0.25, 0.3) is 0 Å². The lowest BCUT2D eigenvalue weighted by Crippen LogP contribution is -2.34. The van der Waals surface area contributed by atoms with Gasteiger partial charge in [0, 0.05) is 6.20 Å². The molecule has 1 aromatic rings. The zero-order chi connectivity index (χ0) is 13.0. The maximum atomic E-state index is 4.66. The molecular formula is C15H25N3. The highest BCUT2D eigenvalue weighted by molar-refractivity contribution is 5.16. The van der Waals surface area contributed by atoms with E-state index < -0.39 is 0 Å². The van der Waals surface area contributed by atoms with Crippen molar-refractivity contribution in [3.8, 4) is 0 Å². The van der Waals surface area contributed by atoms with Gasteiger partial charge in [-0.05, 0) is 64.5 Å². The molecule has 0 saturated carbocycles. The average Bonchev–Trinajstić information content (AvgIpc) is 2.53. The van der Waals surface area contributed by atoms with Crippen molar-refractivity contribution in [2.24, 2.45) is 5.92 Å². The molecule has 1 aliphatic rings. The number of hydrogen-bond donors (Lipinski definition) is 1. The van der Waals surface area contributed by atoms with Crippen molar-refractivity contribution in [3.63, 3.8) is 0 Å². The molecule has 1 aromatic heterocycles. The van der Waals surface area contributed by atoms with Crippen molar-refractivity contribution >= 4 is 0 Å². The second-order valence-electron chi connectivity index (χ2n) is 5.50. The minimum atomic E-state index is 0.459. The number of nitrogens with one attached hydrogen (secondary N) is 1. The maximum absolute atomic E-state index is 4.66. The minimum Gasteiger partial charge on any atom is -0.319 e. The van der Waals surface area contributed by atoms with Crippen LogP contribution in [-0.2, 0) is 0 Å². The average molecular weight is 247 g/mol. The maximum Gasteiger partial charge on any atom is 0.0578 e. The standard InChI is InChI=1S/C15H25N3/c1-12-7-8-14(17-10-12)15-13(11-16-2)6-4-5-9-18(15)3/h7-8,10,13,15-16H,4-6,9,11H2,1-3H3. The Hall–Kier alpha value is -0.930. The first-order chi connectivity index (χ1) is 8.72. The molecule has 100 valence electrons. The molecule has 2 atom stereocenters. The number of hydrogen-bond acceptors (Lipinski definition) is 3. The molecule has 1 aliphatic heterocycles. The summed E-state index contributed by atoms with van der Waals surface area (Å²) in [7, 11) is 4.28. The van der Waals surface area contributed by atoms with Crippen LogP contribution in [0.4, 0.5) is 0 Å². The highest BCUT2D eigenvalue weighted by atomic mass is 15.1.